The van der Waals surface area contributed by atoms with Gasteiger partial charge in [0.1, 0.15) is 10.6 Å². The molecule has 2 aliphatic rings. The van der Waals surface area contributed by atoms with Crippen molar-refractivity contribution in [2.24, 2.45) is 0 Å². The highest BCUT2D eigenvalue weighted by Crippen LogP contribution is 2.26. The summed E-state index contributed by atoms with van der Waals surface area (Å²) in [5.74, 6) is 0.804. The number of methoxy groups -OCH3 is 1. The average Bonchev–Trinajstić information content (AvgIpc) is 2.85. The number of carbonyl (C=O) groups excluding carboxylic acids is 1. The molecule has 19 heavy (non-hydrogen) atoms. The van der Waals surface area contributed by atoms with E-state index in [-0.39, 0.29) is 5.91 Å². The summed E-state index contributed by atoms with van der Waals surface area (Å²) in [6.07, 6.45) is 0. The van der Waals surface area contributed by atoms with Crippen LogP contribution in [0.5, 0.6) is 5.75 Å². The van der Waals surface area contributed by atoms with E-state index in [1.165, 1.54) is 11.3 Å². The molecule has 0 unspecified atom stereocenters. The van der Waals surface area contributed by atoms with Crippen molar-refractivity contribution in [3.05, 3.63) is 16.3 Å². The number of amides is 1. The fraction of sp³-hybridized carbons (Fsp3) is 0.615. The van der Waals surface area contributed by atoms with Crippen molar-refractivity contribution in [3.63, 3.8) is 0 Å². The topological polar surface area (TPSA) is 44.8 Å². The van der Waals surface area contributed by atoms with Gasteiger partial charge in [-0.2, -0.15) is 0 Å². The highest BCUT2D eigenvalue weighted by atomic mass is 32.1. The minimum Gasteiger partial charge on any atom is -0.495 e. The molecule has 1 N–H and O–H groups in total. The van der Waals surface area contributed by atoms with E-state index < -0.39 is 0 Å². The molecule has 1 amide bonds. The molecule has 3 heterocycles. The molecule has 3 rings (SSSR count). The van der Waals surface area contributed by atoms with E-state index in [1.807, 2.05) is 16.3 Å². The maximum absolute atomic E-state index is 12.4. The number of ether oxygens (including phenoxy) is 1. The van der Waals surface area contributed by atoms with Crippen molar-refractivity contribution >= 4 is 17.2 Å². The molecule has 1 aromatic heterocycles. The fourth-order valence-corrected chi connectivity index (χ4v) is 3.40. The summed E-state index contributed by atoms with van der Waals surface area (Å²) >= 11 is 1.46. The Labute approximate surface area is 117 Å². The number of nitrogens with zero attached hydrogens (tertiary/aromatic N) is 2. The quantitative estimate of drug-likeness (QED) is 0.875. The SMILES string of the molecule is COc1ccsc1C(=O)N1CCN(C2CNC2)CC1. The van der Waals surface area contributed by atoms with Crippen molar-refractivity contribution in [3.8, 4) is 5.75 Å². The van der Waals surface area contributed by atoms with Gasteiger partial charge < -0.3 is 15.0 Å². The van der Waals surface area contributed by atoms with E-state index in [4.69, 9.17) is 4.74 Å². The molecule has 1 aromatic rings. The van der Waals surface area contributed by atoms with Gasteiger partial charge in [-0.25, -0.2) is 0 Å². The van der Waals surface area contributed by atoms with Crippen LogP contribution in [0.4, 0.5) is 0 Å². The Morgan fingerprint density at radius 1 is 1.37 bits per heavy atom. The van der Waals surface area contributed by atoms with Crippen molar-refractivity contribution in [2.45, 2.75) is 6.04 Å². The van der Waals surface area contributed by atoms with E-state index in [1.54, 1.807) is 7.11 Å². The molecule has 0 atom stereocenters. The van der Waals surface area contributed by atoms with Crippen molar-refractivity contribution in [1.29, 1.82) is 0 Å². The summed E-state index contributed by atoms with van der Waals surface area (Å²) in [6, 6.07) is 2.53. The van der Waals surface area contributed by atoms with Crippen LogP contribution in [0.3, 0.4) is 0 Å². The zero-order valence-electron chi connectivity index (χ0n) is 11.1. The lowest BCUT2D eigenvalue weighted by molar-refractivity contribution is 0.0504. The number of hydrogen-bond donors (Lipinski definition) is 1. The largest absolute Gasteiger partial charge is 0.495 e. The van der Waals surface area contributed by atoms with Crippen molar-refractivity contribution < 1.29 is 9.53 Å². The second kappa shape index (κ2) is 5.48. The van der Waals surface area contributed by atoms with Crippen LogP contribution in [0.15, 0.2) is 11.4 Å². The smallest absolute Gasteiger partial charge is 0.267 e. The third-order valence-corrected chi connectivity index (χ3v) is 4.80. The summed E-state index contributed by atoms with van der Waals surface area (Å²) in [6.45, 7) is 5.77. The van der Waals surface area contributed by atoms with E-state index in [9.17, 15) is 4.79 Å². The van der Waals surface area contributed by atoms with Gasteiger partial charge in [0.05, 0.1) is 7.11 Å². The summed E-state index contributed by atoms with van der Waals surface area (Å²) in [4.78, 5) is 17.6. The zero-order chi connectivity index (χ0) is 13.2. The first-order valence-corrected chi connectivity index (χ1v) is 7.53. The van der Waals surface area contributed by atoms with Gasteiger partial charge in [-0.3, -0.25) is 9.69 Å². The van der Waals surface area contributed by atoms with E-state index in [0.717, 1.165) is 44.1 Å². The van der Waals surface area contributed by atoms with E-state index in [0.29, 0.717) is 11.8 Å². The van der Waals surface area contributed by atoms with Gasteiger partial charge in [0.2, 0.25) is 0 Å². The van der Waals surface area contributed by atoms with Crippen molar-refractivity contribution in [2.75, 3.05) is 46.4 Å². The number of carbonyl (C=O) groups is 1. The van der Waals surface area contributed by atoms with Gasteiger partial charge >= 0.3 is 0 Å². The molecule has 2 saturated heterocycles. The number of nitrogens with one attached hydrogen (secondary N) is 1. The molecule has 0 aromatic carbocycles. The standard InChI is InChI=1S/C13H19N3O2S/c1-18-11-2-7-19-12(11)13(17)16-5-3-15(4-6-16)10-8-14-9-10/h2,7,10,14H,3-6,8-9H2,1H3. The lowest BCUT2D eigenvalue weighted by Crippen LogP contribution is -2.62. The Hall–Kier alpha value is -1.11. The Kier molecular flexibility index (Phi) is 3.72. The molecular weight excluding hydrogens is 262 g/mol. The fourth-order valence-electron chi connectivity index (χ4n) is 2.58. The first kappa shape index (κ1) is 12.9. The highest BCUT2D eigenvalue weighted by molar-refractivity contribution is 7.12. The Balaban J connectivity index is 1.60. The second-order valence-electron chi connectivity index (χ2n) is 4.96. The van der Waals surface area contributed by atoms with Crippen LogP contribution in [0.2, 0.25) is 0 Å². The Bertz CT molecular complexity index is 450. The first-order chi connectivity index (χ1) is 9.29. The molecule has 0 spiro atoms. The minimum atomic E-state index is 0.109. The Morgan fingerprint density at radius 3 is 2.68 bits per heavy atom. The predicted molar refractivity (Wildman–Crippen MR) is 75.0 cm³/mol. The zero-order valence-corrected chi connectivity index (χ0v) is 11.9. The van der Waals surface area contributed by atoms with E-state index in [2.05, 4.69) is 10.2 Å². The predicted octanol–water partition coefficient (Wildman–Crippen LogP) is 0.486. The maximum Gasteiger partial charge on any atom is 0.267 e. The monoisotopic (exact) mass is 281 g/mol. The summed E-state index contributed by atoms with van der Waals surface area (Å²) in [7, 11) is 1.61. The van der Waals surface area contributed by atoms with Crippen molar-refractivity contribution in [1.82, 2.24) is 15.1 Å². The number of piperazine rings is 1. The minimum absolute atomic E-state index is 0.109. The molecule has 0 saturated carbocycles. The third-order valence-electron chi connectivity index (χ3n) is 3.92. The molecule has 0 bridgehead atoms. The van der Waals surface area contributed by atoms with Crippen LogP contribution in [0.25, 0.3) is 0 Å². The molecule has 5 nitrogen and oxygen atoms in total. The van der Waals surface area contributed by atoms with Gasteiger partial charge in [-0.1, -0.05) is 0 Å². The summed E-state index contributed by atoms with van der Waals surface area (Å²) in [5, 5.41) is 5.20. The van der Waals surface area contributed by atoms with Crippen LogP contribution in [-0.4, -0.2) is 68.1 Å². The number of rotatable bonds is 3. The van der Waals surface area contributed by atoms with Crippen LogP contribution < -0.4 is 10.1 Å². The number of hydrogen-bond acceptors (Lipinski definition) is 5. The third kappa shape index (κ3) is 2.48. The highest BCUT2D eigenvalue weighted by Gasteiger charge is 2.30. The molecular formula is C13H19N3O2S. The lowest BCUT2D eigenvalue weighted by atomic mass is 10.1. The molecule has 2 aliphatic heterocycles. The van der Waals surface area contributed by atoms with Gasteiger partial charge in [0, 0.05) is 45.3 Å². The molecule has 6 heteroatoms. The summed E-state index contributed by atoms with van der Waals surface area (Å²) < 4.78 is 5.23. The lowest BCUT2D eigenvalue weighted by Gasteiger charge is -2.43. The van der Waals surface area contributed by atoms with E-state index >= 15 is 0 Å². The van der Waals surface area contributed by atoms with Crippen LogP contribution in [0.1, 0.15) is 9.67 Å². The maximum atomic E-state index is 12.4. The van der Waals surface area contributed by atoms with Crippen LogP contribution >= 0.6 is 11.3 Å². The van der Waals surface area contributed by atoms with Gasteiger partial charge in [0.25, 0.3) is 5.91 Å². The molecule has 0 radical (unpaired) electrons. The van der Waals surface area contributed by atoms with Crippen LogP contribution in [0, 0.1) is 0 Å². The van der Waals surface area contributed by atoms with Gasteiger partial charge in [0.15, 0.2) is 0 Å². The van der Waals surface area contributed by atoms with Gasteiger partial charge in [-0.05, 0) is 11.4 Å². The molecule has 0 aliphatic carbocycles. The Morgan fingerprint density at radius 2 is 2.11 bits per heavy atom. The van der Waals surface area contributed by atoms with Gasteiger partial charge in [-0.15, -0.1) is 11.3 Å². The summed E-state index contributed by atoms with van der Waals surface area (Å²) in [5.41, 5.74) is 0. The number of thiophene rings is 1. The molecule has 104 valence electrons. The normalized spacial score (nSPS) is 21.2. The average molecular weight is 281 g/mol. The molecule has 2 fully saturated rings. The second-order valence-corrected chi connectivity index (χ2v) is 5.87. The van der Waals surface area contributed by atoms with Crippen LogP contribution in [-0.2, 0) is 0 Å². The first-order valence-electron chi connectivity index (χ1n) is 6.65.